The zero-order chi connectivity index (χ0) is 15.0. The van der Waals surface area contributed by atoms with E-state index in [0.717, 1.165) is 29.8 Å². The van der Waals surface area contributed by atoms with Crippen molar-refractivity contribution in [1.82, 2.24) is 5.32 Å². The highest BCUT2D eigenvalue weighted by atomic mass is 79.9. The number of benzene rings is 1. The molecule has 0 fully saturated rings. The lowest BCUT2D eigenvalue weighted by Gasteiger charge is -2.20. The molecule has 1 atom stereocenters. The average Bonchev–Trinajstić information content (AvgIpc) is 2.47. The largest absolute Gasteiger partial charge is 0.493 e. The Kier molecular flexibility index (Phi) is 8.24. The van der Waals surface area contributed by atoms with Gasteiger partial charge in [-0.1, -0.05) is 49.5 Å². The quantitative estimate of drug-likeness (QED) is 0.655. The number of nitrogens with one attached hydrogen (secondary N) is 1. The predicted octanol–water partition coefficient (Wildman–Crippen LogP) is 5.32. The van der Waals surface area contributed by atoms with Gasteiger partial charge in [-0.15, -0.1) is 0 Å². The Balaban J connectivity index is 2.78. The van der Waals surface area contributed by atoms with E-state index in [1.165, 1.54) is 18.4 Å². The maximum atomic E-state index is 6.08. The molecule has 0 saturated carbocycles. The second kappa shape index (κ2) is 9.41. The van der Waals surface area contributed by atoms with E-state index in [1.54, 1.807) is 0 Å². The molecule has 1 rings (SSSR count). The molecule has 114 valence electrons. The standard InChI is InChI=1S/C17H28BrNO/c1-5-10-19-13(4)16-11-15(18)8-9-17(16)20-12-14(6-2)7-3/h8-9,11,13-14,19H,5-7,10,12H2,1-4H3. The first-order chi connectivity index (χ1) is 9.62. The Labute approximate surface area is 132 Å². The molecule has 0 aliphatic heterocycles. The SMILES string of the molecule is CCCNC(C)c1cc(Br)ccc1OCC(CC)CC. The Hall–Kier alpha value is -0.540. The molecule has 0 bridgehead atoms. The van der Waals surface area contributed by atoms with E-state index in [0.29, 0.717) is 12.0 Å². The van der Waals surface area contributed by atoms with Gasteiger partial charge < -0.3 is 10.1 Å². The zero-order valence-electron chi connectivity index (χ0n) is 13.2. The molecule has 1 aromatic carbocycles. The van der Waals surface area contributed by atoms with E-state index < -0.39 is 0 Å². The van der Waals surface area contributed by atoms with Crippen LogP contribution in [0.5, 0.6) is 5.75 Å². The predicted molar refractivity (Wildman–Crippen MR) is 90.4 cm³/mol. The molecule has 0 heterocycles. The molecule has 2 nitrogen and oxygen atoms in total. The second-order valence-corrected chi connectivity index (χ2v) is 6.27. The van der Waals surface area contributed by atoms with Crippen LogP contribution in [-0.4, -0.2) is 13.2 Å². The summed E-state index contributed by atoms with van der Waals surface area (Å²) in [5, 5.41) is 3.53. The third kappa shape index (κ3) is 5.45. The summed E-state index contributed by atoms with van der Waals surface area (Å²) in [5.41, 5.74) is 1.23. The van der Waals surface area contributed by atoms with Crippen LogP contribution in [0.15, 0.2) is 22.7 Å². The Morgan fingerprint density at radius 2 is 1.90 bits per heavy atom. The number of hydrogen-bond acceptors (Lipinski definition) is 2. The summed E-state index contributed by atoms with van der Waals surface area (Å²) in [7, 11) is 0. The molecule has 0 saturated heterocycles. The molecular formula is C17H28BrNO. The average molecular weight is 342 g/mol. The molecule has 1 aromatic rings. The molecule has 0 radical (unpaired) electrons. The lowest BCUT2D eigenvalue weighted by molar-refractivity contribution is 0.237. The van der Waals surface area contributed by atoms with Crippen molar-refractivity contribution < 1.29 is 4.74 Å². The van der Waals surface area contributed by atoms with Crippen LogP contribution in [0.25, 0.3) is 0 Å². The van der Waals surface area contributed by atoms with Crippen molar-refractivity contribution in [2.45, 2.75) is 53.0 Å². The van der Waals surface area contributed by atoms with Gasteiger partial charge in [-0.25, -0.2) is 0 Å². The summed E-state index contributed by atoms with van der Waals surface area (Å²) in [6.07, 6.45) is 3.49. The fourth-order valence-corrected chi connectivity index (χ4v) is 2.57. The molecule has 0 amide bonds. The van der Waals surface area contributed by atoms with Gasteiger partial charge in [0.05, 0.1) is 6.61 Å². The Morgan fingerprint density at radius 1 is 1.20 bits per heavy atom. The molecular weight excluding hydrogens is 314 g/mol. The summed E-state index contributed by atoms with van der Waals surface area (Å²) in [4.78, 5) is 0. The van der Waals surface area contributed by atoms with Crippen molar-refractivity contribution in [2.24, 2.45) is 5.92 Å². The monoisotopic (exact) mass is 341 g/mol. The van der Waals surface area contributed by atoms with Crippen LogP contribution in [0.2, 0.25) is 0 Å². The zero-order valence-corrected chi connectivity index (χ0v) is 14.8. The highest BCUT2D eigenvalue weighted by Gasteiger charge is 2.13. The van der Waals surface area contributed by atoms with E-state index in [9.17, 15) is 0 Å². The number of hydrogen-bond donors (Lipinski definition) is 1. The molecule has 0 spiro atoms. The first-order valence-corrected chi connectivity index (χ1v) is 8.57. The number of ether oxygens (including phenoxy) is 1. The number of rotatable bonds is 9. The molecule has 1 unspecified atom stereocenters. The van der Waals surface area contributed by atoms with Crippen molar-refractivity contribution in [3.05, 3.63) is 28.2 Å². The van der Waals surface area contributed by atoms with Crippen molar-refractivity contribution in [1.29, 1.82) is 0 Å². The van der Waals surface area contributed by atoms with Crippen molar-refractivity contribution >= 4 is 15.9 Å². The van der Waals surface area contributed by atoms with E-state index in [-0.39, 0.29) is 0 Å². The molecule has 1 N–H and O–H groups in total. The minimum absolute atomic E-state index is 0.309. The summed E-state index contributed by atoms with van der Waals surface area (Å²) in [6, 6.07) is 6.60. The van der Waals surface area contributed by atoms with Crippen molar-refractivity contribution in [2.75, 3.05) is 13.2 Å². The van der Waals surface area contributed by atoms with Gasteiger partial charge >= 0.3 is 0 Å². The molecule has 0 aliphatic rings. The van der Waals surface area contributed by atoms with Gasteiger partial charge in [0.1, 0.15) is 5.75 Å². The number of halogens is 1. The van der Waals surface area contributed by atoms with Crippen LogP contribution in [0, 0.1) is 5.92 Å². The van der Waals surface area contributed by atoms with E-state index in [4.69, 9.17) is 4.74 Å². The van der Waals surface area contributed by atoms with Crippen LogP contribution in [0.1, 0.15) is 58.6 Å². The van der Waals surface area contributed by atoms with Crippen molar-refractivity contribution in [3.63, 3.8) is 0 Å². The minimum atomic E-state index is 0.309. The first-order valence-electron chi connectivity index (χ1n) is 7.77. The molecule has 0 aromatic heterocycles. The van der Waals surface area contributed by atoms with Crippen LogP contribution in [-0.2, 0) is 0 Å². The van der Waals surface area contributed by atoms with Crippen LogP contribution < -0.4 is 10.1 Å². The fourth-order valence-electron chi connectivity index (χ4n) is 2.19. The highest BCUT2D eigenvalue weighted by Crippen LogP contribution is 2.29. The van der Waals surface area contributed by atoms with E-state index in [1.807, 2.05) is 0 Å². The van der Waals surface area contributed by atoms with Gasteiger partial charge in [0.2, 0.25) is 0 Å². The van der Waals surface area contributed by atoms with E-state index >= 15 is 0 Å². The van der Waals surface area contributed by atoms with Crippen LogP contribution >= 0.6 is 15.9 Å². The third-order valence-electron chi connectivity index (χ3n) is 3.77. The van der Waals surface area contributed by atoms with Gasteiger partial charge in [0.25, 0.3) is 0 Å². The lowest BCUT2D eigenvalue weighted by Crippen LogP contribution is -2.20. The second-order valence-electron chi connectivity index (χ2n) is 5.35. The Morgan fingerprint density at radius 3 is 2.50 bits per heavy atom. The maximum Gasteiger partial charge on any atom is 0.124 e. The summed E-state index contributed by atoms with van der Waals surface area (Å²) < 4.78 is 7.18. The van der Waals surface area contributed by atoms with Crippen LogP contribution in [0.3, 0.4) is 0 Å². The van der Waals surface area contributed by atoms with Gasteiger partial charge in [-0.3, -0.25) is 0 Å². The van der Waals surface area contributed by atoms with Gasteiger partial charge in [-0.2, -0.15) is 0 Å². The lowest BCUT2D eigenvalue weighted by atomic mass is 10.0. The minimum Gasteiger partial charge on any atom is -0.493 e. The van der Waals surface area contributed by atoms with Gasteiger partial charge in [0, 0.05) is 16.1 Å². The van der Waals surface area contributed by atoms with E-state index in [2.05, 4.69) is 67.1 Å². The summed E-state index contributed by atoms with van der Waals surface area (Å²) in [6.45, 7) is 10.7. The summed E-state index contributed by atoms with van der Waals surface area (Å²) in [5.74, 6) is 1.65. The van der Waals surface area contributed by atoms with Crippen molar-refractivity contribution in [3.8, 4) is 5.75 Å². The molecule has 0 aliphatic carbocycles. The van der Waals surface area contributed by atoms with Gasteiger partial charge in [0.15, 0.2) is 0 Å². The first kappa shape index (κ1) is 17.5. The topological polar surface area (TPSA) is 21.3 Å². The summed E-state index contributed by atoms with van der Waals surface area (Å²) >= 11 is 3.56. The maximum absolute atomic E-state index is 6.08. The molecule has 20 heavy (non-hydrogen) atoms. The third-order valence-corrected chi connectivity index (χ3v) is 4.26. The smallest absolute Gasteiger partial charge is 0.124 e. The normalized spacial score (nSPS) is 12.7. The van der Waals surface area contributed by atoms with Gasteiger partial charge in [-0.05, 0) is 44.0 Å². The highest BCUT2D eigenvalue weighted by molar-refractivity contribution is 9.10. The fraction of sp³-hybridized carbons (Fsp3) is 0.647. The van der Waals surface area contributed by atoms with Crippen LogP contribution in [0.4, 0.5) is 0 Å². The Bertz CT molecular complexity index is 391. The molecule has 3 heteroatoms.